The molecule has 5 heteroatoms. The summed E-state index contributed by atoms with van der Waals surface area (Å²) in [6, 6.07) is 29.7. The van der Waals surface area contributed by atoms with Gasteiger partial charge in [-0.3, -0.25) is 9.59 Å². The van der Waals surface area contributed by atoms with E-state index >= 15 is 0 Å². The number of amides is 2. The molecule has 0 aliphatic heterocycles. The quantitative estimate of drug-likeness (QED) is 0.457. The molecule has 0 aliphatic rings. The van der Waals surface area contributed by atoms with Gasteiger partial charge in [0.05, 0.1) is 11.8 Å². The molecule has 3 aromatic carbocycles. The van der Waals surface area contributed by atoms with Crippen LogP contribution in [0.15, 0.2) is 108 Å². The van der Waals surface area contributed by atoms with Crippen molar-refractivity contribution in [3.8, 4) is 0 Å². The summed E-state index contributed by atoms with van der Waals surface area (Å²) in [4.78, 5) is 25.2. The Morgan fingerprint density at radius 3 is 1.81 bits per heavy atom. The number of carbonyl (C=O) groups excluding carboxylic acids is 2. The summed E-state index contributed by atoms with van der Waals surface area (Å²) in [5.74, 6) is -0.328. The minimum Gasteiger partial charge on any atom is -0.459 e. The van der Waals surface area contributed by atoms with Gasteiger partial charge in [-0.2, -0.15) is 0 Å². The molecule has 1 heterocycles. The maximum absolute atomic E-state index is 13.1. The van der Waals surface area contributed by atoms with Crippen LogP contribution in [0.4, 0.5) is 5.69 Å². The summed E-state index contributed by atoms with van der Waals surface area (Å²) >= 11 is 0. The van der Waals surface area contributed by atoms with Gasteiger partial charge in [0.2, 0.25) is 0 Å². The molecule has 5 nitrogen and oxygen atoms in total. The number of furan rings is 1. The fourth-order valence-corrected chi connectivity index (χ4v) is 3.46. The Morgan fingerprint density at radius 2 is 1.29 bits per heavy atom. The normalized spacial score (nSPS) is 11.0. The molecule has 0 saturated heterocycles. The van der Waals surface area contributed by atoms with Crippen LogP contribution < -0.4 is 10.6 Å². The molecule has 2 amide bonds. The second-order valence-electron chi connectivity index (χ2n) is 7.32. The van der Waals surface area contributed by atoms with Gasteiger partial charge in [0.15, 0.2) is 5.76 Å². The van der Waals surface area contributed by atoms with E-state index in [1.807, 2.05) is 67.6 Å². The van der Waals surface area contributed by atoms with Gasteiger partial charge in [-0.1, -0.05) is 60.7 Å². The maximum Gasteiger partial charge on any atom is 0.291 e. The van der Waals surface area contributed by atoms with Gasteiger partial charge in [0, 0.05) is 11.3 Å². The molecular weight excluding hydrogens is 388 g/mol. The summed E-state index contributed by atoms with van der Waals surface area (Å²) in [5, 5.41) is 5.93. The van der Waals surface area contributed by atoms with Crippen molar-refractivity contribution >= 4 is 17.5 Å². The summed E-state index contributed by atoms with van der Waals surface area (Å²) < 4.78 is 5.09. The maximum atomic E-state index is 13.1. The van der Waals surface area contributed by atoms with Gasteiger partial charge in [-0.25, -0.2) is 0 Å². The number of carbonyl (C=O) groups is 2. The van der Waals surface area contributed by atoms with Gasteiger partial charge in [-0.15, -0.1) is 0 Å². The highest BCUT2D eigenvalue weighted by atomic mass is 16.3. The van der Waals surface area contributed by atoms with Crippen LogP contribution in [0, 0.1) is 0 Å². The Bertz CT molecular complexity index is 1110. The molecule has 0 bridgehead atoms. The molecule has 0 radical (unpaired) electrons. The molecule has 4 aromatic rings. The van der Waals surface area contributed by atoms with Gasteiger partial charge in [-0.05, 0) is 54.4 Å². The van der Waals surface area contributed by atoms with E-state index in [1.54, 1.807) is 36.4 Å². The van der Waals surface area contributed by atoms with Crippen LogP contribution in [0.3, 0.4) is 0 Å². The van der Waals surface area contributed by atoms with Crippen LogP contribution >= 0.6 is 0 Å². The predicted molar refractivity (Wildman–Crippen MR) is 120 cm³/mol. The van der Waals surface area contributed by atoms with Crippen molar-refractivity contribution in [1.82, 2.24) is 5.32 Å². The first-order chi connectivity index (χ1) is 15.1. The van der Waals surface area contributed by atoms with Crippen molar-refractivity contribution in [1.29, 1.82) is 0 Å². The molecule has 31 heavy (non-hydrogen) atoms. The lowest BCUT2D eigenvalue weighted by molar-refractivity contribution is 0.0918. The van der Waals surface area contributed by atoms with E-state index in [0.717, 1.165) is 11.1 Å². The predicted octanol–water partition coefficient (Wildman–Crippen LogP) is 5.23. The molecule has 0 aliphatic carbocycles. The van der Waals surface area contributed by atoms with Crippen LogP contribution in [0.1, 0.15) is 39.0 Å². The van der Waals surface area contributed by atoms with Crippen molar-refractivity contribution in [2.24, 2.45) is 0 Å². The standard InChI is InChI=1S/C26H22N2O3/c1-26(20-9-4-2-5-10-20,21-11-6-3-7-12-21)28-24(29)19-14-16-22(17-15-19)27-25(30)23-13-8-18-31-23/h2-18H,1H3,(H,27,30)(H,28,29). The second kappa shape index (κ2) is 8.71. The minimum absolute atomic E-state index is 0.209. The Balaban J connectivity index is 1.54. The first kappa shape index (κ1) is 20.2. The molecular formula is C26H22N2O3. The summed E-state index contributed by atoms with van der Waals surface area (Å²) in [6.07, 6.45) is 1.44. The van der Waals surface area contributed by atoms with E-state index in [9.17, 15) is 9.59 Å². The van der Waals surface area contributed by atoms with E-state index in [0.29, 0.717) is 11.3 Å². The number of hydrogen-bond donors (Lipinski definition) is 2. The molecule has 4 rings (SSSR count). The fourth-order valence-electron chi connectivity index (χ4n) is 3.46. The van der Waals surface area contributed by atoms with E-state index in [1.165, 1.54) is 6.26 Å². The van der Waals surface area contributed by atoms with Gasteiger partial charge in [0.1, 0.15) is 0 Å². The highest BCUT2D eigenvalue weighted by molar-refractivity contribution is 6.02. The van der Waals surface area contributed by atoms with Crippen molar-refractivity contribution in [2.45, 2.75) is 12.5 Å². The lowest BCUT2D eigenvalue weighted by Crippen LogP contribution is -2.44. The molecule has 0 atom stereocenters. The molecule has 1 aromatic heterocycles. The van der Waals surface area contributed by atoms with Gasteiger partial charge >= 0.3 is 0 Å². The zero-order valence-electron chi connectivity index (χ0n) is 17.0. The topological polar surface area (TPSA) is 71.3 Å². The SMILES string of the molecule is CC(NC(=O)c1ccc(NC(=O)c2ccco2)cc1)(c1ccccc1)c1ccccc1. The summed E-state index contributed by atoms with van der Waals surface area (Å²) in [7, 11) is 0. The van der Waals surface area contributed by atoms with Crippen LogP contribution in [0.2, 0.25) is 0 Å². The third-order valence-electron chi connectivity index (χ3n) is 5.22. The smallest absolute Gasteiger partial charge is 0.291 e. The molecule has 0 fully saturated rings. The monoisotopic (exact) mass is 410 g/mol. The van der Waals surface area contributed by atoms with E-state index in [4.69, 9.17) is 4.42 Å². The third-order valence-corrected chi connectivity index (χ3v) is 5.22. The number of hydrogen-bond acceptors (Lipinski definition) is 3. The molecule has 2 N–H and O–H groups in total. The Labute approximate surface area is 180 Å². The van der Waals surface area contributed by atoms with Crippen molar-refractivity contribution in [2.75, 3.05) is 5.32 Å². The first-order valence-corrected chi connectivity index (χ1v) is 9.95. The van der Waals surface area contributed by atoms with Crippen LogP contribution in [-0.2, 0) is 5.54 Å². The molecule has 0 unspecified atom stereocenters. The average Bonchev–Trinajstić information content (AvgIpc) is 3.36. The zero-order chi connectivity index (χ0) is 21.7. The third kappa shape index (κ3) is 4.41. The highest BCUT2D eigenvalue weighted by Crippen LogP contribution is 2.29. The molecule has 0 saturated carbocycles. The number of rotatable bonds is 6. The largest absolute Gasteiger partial charge is 0.459 e. The lowest BCUT2D eigenvalue weighted by Gasteiger charge is -2.32. The summed E-state index contributed by atoms with van der Waals surface area (Å²) in [6.45, 7) is 1.99. The number of benzene rings is 3. The fraction of sp³-hybridized carbons (Fsp3) is 0.0769. The number of anilines is 1. The Morgan fingerprint density at radius 1 is 0.710 bits per heavy atom. The van der Waals surface area contributed by atoms with E-state index < -0.39 is 5.54 Å². The van der Waals surface area contributed by atoms with Crippen LogP contribution in [0.25, 0.3) is 0 Å². The highest BCUT2D eigenvalue weighted by Gasteiger charge is 2.30. The van der Waals surface area contributed by atoms with Crippen molar-refractivity contribution in [3.05, 3.63) is 126 Å². The molecule has 0 spiro atoms. The van der Waals surface area contributed by atoms with E-state index in [2.05, 4.69) is 10.6 Å². The summed E-state index contributed by atoms with van der Waals surface area (Å²) in [5.41, 5.74) is 2.33. The van der Waals surface area contributed by atoms with Crippen LogP contribution in [0.5, 0.6) is 0 Å². The average molecular weight is 410 g/mol. The second-order valence-corrected chi connectivity index (χ2v) is 7.32. The van der Waals surface area contributed by atoms with Gasteiger partial charge < -0.3 is 15.1 Å². The first-order valence-electron chi connectivity index (χ1n) is 9.95. The van der Waals surface area contributed by atoms with Crippen molar-refractivity contribution in [3.63, 3.8) is 0 Å². The zero-order valence-corrected chi connectivity index (χ0v) is 17.0. The van der Waals surface area contributed by atoms with E-state index in [-0.39, 0.29) is 17.6 Å². The van der Waals surface area contributed by atoms with Gasteiger partial charge in [0.25, 0.3) is 11.8 Å². The van der Waals surface area contributed by atoms with Crippen molar-refractivity contribution < 1.29 is 14.0 Å². The molecule has 154 valence electrons. The Hall–Kier alpha value is -4.12. The Kier molecular flexibility index (Phi) is 5.67. The lowest BCUT2D eigenvalue weighted by atomic mass is 9.84. The number of nitrogens with one attached hydrogen (secondary N) is 2. The van der Waals surface area contributed by atoms with Crippen LogP contribution in [-0.4, -0.2) is 11.8 Å². The minimum atomic E-state index is -0.703.